The number of rotatable bonds is 6. The Balaban J connectivity index is 1.95. The summed E-state index contributed by atoms with van der Waals surface area (Å²) < 4.78 is 5.65. The van der Waals surface area contributed by atoms with Crippen LogP contribution in [0, 0.1) is 0 Å². The topological polar surface area (TPSA) is 38.1 Å². The number of benzene rings is 1. The van der Waals surface area contributed by atoms with E-state index in [4.69, 9.17) is 4.42 Å². The molecule has 2 rings (SSSR count). The second kappa shape index (κ2) is 5.89. The number of aromatic nitrogens is 1. The largest absolute Gasteiger partial charge is 0.431 e. The third kappa shape index (κ3) is 3.35. The highest BCUT2D eigenvalue weighted by atomic mass is 32.2. The quantitative estimate of drug-likeness (QED) is 0.484. The second-order valence-electron chi connectivity index (χ2n) is 3.82. The van der Waals surface area contributed by atoms with E-state index in [0.29, 0.717) is 5.25 Å². The van der Waals surface area contributed by atoms with Crippen molar-refractivity contribution in [1.29, 1.82) is 0 Å². The van der Waals surface area contributed by atoms with Gasteiger partial charge in [-0.1, -0.05) is 36.9 Å². The number of nitrogens with one attached hydrogen (secondary N) is 1. The van der Waals surface area contributed by atoms with Gasteiger partial charge < -0.3 is 9.73 Å². The molecule has 0 saturated carbocycles. The molecule has 3 nitrogen and oxygen atoms in total. The van der Waals surface area contributed by atoms with E-state index in [9.17, 15) is 0 Å². The third-order valence-electron chi connectivity index (χ3n) is 2.30. The van der Waals surface area contributed by atoms with E-state index >= 15 is 0 Å². The molecule has 17 heavy (non-hydrogen) atoms. The van der Waals surface area contributed by atoms with Crippen LogP contribution in [0.15, 0.2) is 46.6 Å². The molecule has 4 heteroatoms. The summed E-state index contributed by atoms with van der Waals surface area (Å²) in [5, 5.41) is 4.44. The van der Waals surface area contributed by atoms with Crippen molar-refractivity contribution in [3.63, 3.8) is 0 Å². The van der Waals surface area contributed by atoms with Crippen molar-refractivity contribution in [3.05, 3.63) is 36.9 Å². The Morgan fingerprint density at radius 1 is 1.53 bits per heavy atom. The Morgan fingerprint density at radius 2 is 2.35 bits per heavy atom. The first-order valence-corrected chi connectivity index (χ1v) is 6.51. The molecule has 0 aliphatic heterocycles. The van der Waals surface area contributed by atoms with E-state index < -0.39 is 0 Å². The minimum absolute atomic E-state index is 0.419. The minimum Gasteiger partial charge on any atom is -0.431 e. The highest BCUT2D eigenvalue weighted by Gasteiger charge is 2.10. The molecular weight excluding hydrogens is 232 g/mol. The molecule has 1 atom stereocenters. The number of hydrogen-bond donors (Lipinski definition) is 1. The fourth-order valence-electron chi connectivity index (χ4n) is 1.50. The Bertz CT molecular complexity index is 462. The molecule has 0 spiro atoms. The molecule has 2 aromatic rings. The molecule has 0 aliphatic rings. The summed E-state index contributed by atoms with van der Waals surface area (Å²) in [5.41, 5.74) is 1.77. The Morgan fingerprint density at radius 3 is 3.12 bits per heavy atom. The van der Waals surface area contributed by atoms with Gasteiger partial charge in [0.2, 0.25) is 0 Å². The first-order chi connectivity index (χ1) is 8.29. The van der Waals surface area contributed by atoms with Crippen LogP contribution >= 0.6 is 11.8 Å². The van der Waals surface area contributed by atoms with Gasteiger partial charge >= 0.3 is 0 Å². The van der Waals surface area contributed by atoms with Crippen LogP contribution < -0.4 is 5.32 Å². The van der Waals surface area contributed by atoms with Gasteiger partial charge in [-0.15, -0.1) is 6.58 Å². The molecule has 0 amide bonds. The first-order valence-electron chi connectivity index (χ1n) is 5.63. The van der Waals surface area contributed by atoms with E-state index in [2.05, 4.69) is 23.8 Å². The van der Waals surface area contributed by atoms with E-state index in [1.54, 1.807) is 11.8 Å². The van der Waals surface area contributed by atoms with Crippen LogP contribution in [0.3, 0.4) is 0 Å². The van der Waals surface area contributed by atoms with Gasteiger partial charge in [-0.3, -0.25) is 0 Å². The smallest absolute Gasteiger partial charge is 0.257 e. The molecule has 90 valence electrons. The normalized spacial score (nSPS) is 12.8. The van der Waals surface area contributed by atoms with Crippen molar-refractivity contribution >= 4 is 22.9 Å². The second-order valence-corrected chi connectivity index (χ2v) is 5.21. The van der Waals surface area contributed by atoms with Gasteiger partial charge in [-0.2, -0.15) is 0 Å². The highest BCUT2D eigenvalue weighted by Crippen LogP contribution is 2.26. The molecule has 1 unspecified atom stereocenters. The Kier molecular flexibility index (Phi) is 4.23. The van der Waals surface area contributed by atoms with Crippen molar-refractivity contribution in [1.82, 2.24) is 10.3 Å². The van der Waals surface area contributed by atoms with Gasteiger partial charge in [0.05, 0.1) is 0 Å². The van der Waals surface area contributed by atoms with Crippen LogP contribution in [0.1, 0.15) is 6.92 Å². The summed E-state index contributed by atoms with van der Waals surface area (Å²) in [6.45, 7) is 7.56. The van der Waals surface area contributed by atoms with Crippen LogP contribution in [0.25, 0.3) is 11.1 Å². The molecule has 1 aromatic carbocycles. The number of thioether (sulfide) groups is 1. The monoisotopic (exact) mass is 248 g/mol. The van der Waals surface area contributed by atoms with Gasteiger partial charge in [-0.05, 0) is 12.1 Å². The average molecular weight is 248 g/mol. The van der Waals surface area contributed by atoms with Crippen molar-refractivity contribution in [2.75, 3.05) is 13.1 Å². The number of hydrogen-bond acceptors (Lipinski definition) is 4. The summed E-state index contributed by atoms with van der Waals surface area (Å²) in [7, 11) is 0. The molecule has 1 aromatic heterocycles. The van der Waals surface area contributed by atoms with Gasteiger partial charge in [-0.25, -0.2) is 4.98 Å². The summed E-state index contributed by atoms with van der Waals surface area (Å²) in [5.74, 6) is 0. The van der Waals surface area contributed by atoms with E-state index in [1.165, 1.54) is 0 Å². The SMILES string of the molecule is C=CCNCC(C)Sc1nc2ccccc2o1. The molecule has 0 aliphatic carbocycles. The average Bonchev–Trinajstić information content (AvgIpc) is 2.71. The Labute approximate surface area is 105 Å². The van der Waals surface area contributed by atoms with Gasteiger partial charge in [0.15, 0.2) is 5.58 Å². The lowest BCUT2D eigenvalue weighted by atomic mass is 10.3. The van der Waals surface area contributed by atoms with Crippen LogP contribution in [-0.2, 0) is 0 Å². The third-order valence-corrected chi connectivity index (χ3v) is 3.24. The number of fused-ring (bicyclic) bond motifs is 1. The molecular formula is C13H16N2OS. The van der Waals surface area contributed by atoms with Gasteiger partial charge in [0.1, 0.15) is 5.52 Å². The molecule has 0 bridgehead atoms. The standard InChI is InChI=1S/C13H16N2OS/c1-3-8-14-9-10(2)17-13-15-11-6-4-5-7-12(11)16-13/h3-7,10,14H,1,8-9H2,2H3. The van der Waals surface area contributed by atoms with Crippen LogP contribution in [0.4, 0.5) is 0 Å². The predicted octanol–water partition coefficient (Wildman–Crippen LogP) is 3.08. The Hall–Kier alpha value is -1.26. The van der Waals surface area contributed by atoms with Gasteiger partial charge in [0.25, 0.3) is 5.22 Å². The summed E-state index contributed by atoms with van der Waals surface area (Å²) in [6.07, 6.45) is 1.86. The van der Waals surface area contributed by atoms with Crippen molar-refractivity contribution in [2.24, 2.45) is 0 Å². The maximum Gasteiger partial charge on any atom is 0.257 e. The first kappa shape index (κ1) is 12.2. The number of nitrogens with zero attached hydrogens (tertiary/aromatic N) is 1. The van der Waals surface area contributed by atoms with Crippen LogP contribution in [-0.4, -0.2) is 23.3 Å². The van der Waals surface area contributed by atoms with E-state index in [0.717, 1.165) is 29.4 Å². The zero-order valence-corrected chi connectivity index (χ0v) is 10.7. The summed E-state index contributed by atoms with van der Waals surface area (Å²) in [6, 6.07) is 7.82. The molecule has 0 fully saturated rings. The maximum atomic E-state index is 5.65. The van der Waals surface area contributed by atoms with E-state index in [1.807, 2.05) is 30.3 Å². The van der Waals surface area contributed by atoms with Crippen LogP contribution in [0.2, 0.25) is 0 Å². The fourth-order valence-corrected chi connectivity index (χ4v) is 2.34. The maximum absolute atomic E-state index is 5.65. The molecule has 1 heterocycles. The molecule has 0 saturated heterocycles. The fraction of sp³-hybridized carbons (Fsp3) is 0.308. The van der Waals surface area contributed by atoms with Gasteiger partial charge in [0, 0.05) is 18.3 Å². The zero-order chi connectivity index (χ0) is 12.1. The number of para-hydroxylation sites is 2. The molecule has 1 N–H and O–H groups in total. The lowest BCUT2D eigenvalue weighted by Crippen LogP contribution is -2.22. The summed E-state index contributed by atoms with van der Waals surface area (Å²) >= 11 is 1.65. The van der Waals surface area contributed by atoms with Crippen LogP contribution in [0.5, 0.6) is 0 Å². The lowest BCUT2D eigenvalue weighted by molar-refractivity contribution is 0.488. The predicted molar refractivity (Wildman–Crippen MR) is 72.4 cm³/mol. The zero-order valence-electron chi connectivity index (χ0n) is 9.85. The van der Waals surface area contributed by atoms with Crippen molar-refractivity contribution in [2.45, 2.75) is 17.4 Å². The van der Waals surface area contributed by atoms with E-state index in [-0.39, 0.29) is 0 Å². The molecule has 0 radical (unpaired) electrons. The minimum atomic E-state index is 0.419. The van der Waals surface area contributed by atoms with Crippen molar-refractivity contribution in [3.8, 4) is 0 Å². The lowest BCUT2D eigenvalue weighted by Gasteiger charge is -2.08. The number of oxazole rings is 1. The summed E-state index contributed by atoms with van der Waals surface area (Å²) in [4.78, 5) is 4.43. The highest BCUT2D eigenvalue weighted by molar-refractivity contribution is 7.99. The van der Waals surface area contributed by atoms with Crippen molar-refractivity contribution < 1.29 is 4.42 Å².